The van der Waals surface area contributed by atoms with E-state index in [9.17, 15) is 9.59 Å². The van der Waals surface area contributed by atoms with Crippen LogP contribution in [0.1, 0.15) is 22.3 Å². The normalized spacial score (nSPS) is 14.3. The molecule has 3 aromatic carbocycles. The second-order valence-corrected chi connectivity index (χ2v) is 9.94. The van der Waals surface area contributed by atoms with Gasteiger partial charge in [0.2, 0.25) is 0 Å². The Labute approximate surface area is 220 Å². The highest BCUT2D eigenvalue weighted by Crippen LogP contribution is 2.38. The summed E-state index contributed by atoms with van der Waals surface area (Å²) in [5.41, 5.74) is 4.67. The molecule has 1 saturated heterocycles. The first-order chi connectivity index (χ1) is 17.4. The summed E-state index contributed by atoms with van der Waals surface area (Å²) in [6.07, 6.45) is 1.78. The van der Waals surface area contributed by atoms with E-state index >= 15 is 0 Å². The second-order valence-electron chi connectivity index (χ2n) is 8.27. The summed E-state index contributed by atoms with van der Waals surface area (Å²) in [5.74, 6) is 0.503. The molecule has 0 bridgehead atoms. The lowest BCUT2D eigenvalue weighted by molar-refractivity contribution is -0.123. The second kappa shape index (κ2) is 11.4. The van der Waals surface area contributed by atoms with Gasteiger partial charge in [-0.2, -0.15) is 0 Å². The van der Waals surface area contributed by atoms with Gasteiger partial charge in [0.05, 0.1) is 17.7 Å². The molecule has 1 aliphatic rings. The van der Waals surface area contributed by atoms with Gasteiger partial charge in [0, 0.05) is 6.54 Å². The van der Waals surface area contributed by atoms with Crippen LogP contribution in [0.25, 0.3) is 6.08 Å². The van der Waals surface area contributed by atoms with Crippen LogP contribution in [-0.4, -0.2) is 29.9 Å². The Morgan fingerprint density at radius 2 is 1.83 bits per heavy atom. The third kappa shape index (κ3) is 5.95. The maximum Gasteiger partial charge on any atom is 0.270 e. The molecule has 0 saturated carbocycles. The van der Waals surface area contributed by atoms with Gasteiger partial charge in [-0.1, -0.05) is 78.1 Å². The van der Waals surface area contributed by atoms with Crippen LogP contribution in [0.4, 0.5) is 5.69 Å². The first-order valence-electron chi connectivity index (χ1n) is 11.3. The molecule has 6 nitrogen and oxygen atoms in total. The van der Waals surface area contributed by atoms with Crippen LogP contribution in [0, 0.1) is 13.8 Å². The Morgan fingerprint density at radius 3 is 2.56 bits per heavy atom. The molecule has 2 amide bonds. The van der Waals surface area contributed by atoms with E-state index in [2.05, 4.69) is 5.32 Å². The number of carbonyl (C=O) groups is 2. The Hall–Kier alpha value is -3.62. The number of methoxy groups -OCH3 is 1. The number of rotatable bonds is 8. The molecular formula is C28H26N2O4S2. The van der Waals surface area contributed by atoms with Crippen LogP contribution in [0.3, 0.4) is 0 Å². The van der Waals surface area contributed by atoms with E-state index in [-0.39, 0.29) is 18.4 Å². The van der Waals surface area contributed by atoms with Gasteiger partial charge >= 0.3 is 0 Å². The van der Waals surface area contributed by atoms with E-state index < -0.39 is 0 Å². The van der Waals surface area contributed by atoms with E-state index in [1.54, 1.807) is 23.1 Å². The molecule has 0 radical (unpaired) electrons. The van der Waals surface area contributed by atoms with E-state index in [1.165, 1.54) is 18.9 Å². The lowest BCUT2D eigenvalue weighted by Gasteiger charge is -2.17. The summed E-state index contributed by atoms with van der Waals surface area (Å²) in [6, 6.07) is 20.9. The Bertz CT molecular complexity index is 1340. The average molecular weight is 519 g/mol. The first-order valence-corrected chi connectivity index (χ1v) is 12.5. The van der Waals surface area contributed by atoms with Gasteiger partial charge in [-0.15, -0.1) is 0 Å². The standard InChI is InChI=1S/C28H26N2O4S2/c1-18-9-11-22(19(2)13-18)30-27(32)25(36-28(30)35)15-21-10-12-23(24(14-21)33-3)34-17-26(31)29-16-20-7-5-4-6-8-20/h4-15H,16-17H2,1-3H3,(H,29,31)/b25-15-. The van der Waals surface area contributed by atoms with Gasteiger partial charge in [-0.05, 0) is 54.8 Å². The van der Waals surface area contributed by atoms with Crippen molar-refractivity contribution in [2.24, 2.45) is 0 Å². The van der Waals surface area contributed by atoms with Crippen LogP contribution in [0.5, 0.6) is 11.5 Å². The number of thioether (sulfide) groups is 1. The Kier molecular flexibility index (Phi) is 8.07. The van der Waals surface area contributed by atoms with Crippen molar-refractivity contribution in [3.8, 4) is 11.5 Å². The fourth-order valence-electron chi connectivity index (χ4n) is 3.77. The van der Waals surface area contributed by atoms with Gasteiger partial charge in [0.1, 0.15) is 0 Å². The van der Waals surface area contributed by atoms with Crippen LogP contribution in [-0.2, 0) is 16.1 Å². The van der Waals surface area contributed by atoms with Crippen molar-refractivity contribution in [2.45, 2.75) is 20.4 Å². The molecular weight excluding hydrogens is 492 g/mol. The smallest absolute Gasteiger partial charge is 0.270 e. The molecule has 1 aliphatic heterocycles. The van der Waals surface area contributed by atoms with Crippen molar-refractivity contribution in [1.82, 2.24) is 5.32 Å². The number of ether oxygens (including phenoxy) is 2. The lowest BCUT2D eigenvalue weighted by Crippen LogP contribution is -2.28. The largest absolute Gasteiger partial charge is 0.493 e. The van der Waals surface area contributed by atoms with Gasteiger partial charge in [-0.3, -0.25) is 14.5 Å². The highest BCUT2D eigenvalue weighted by Gasteiger charge is 2.34. The molecule has 1 fully saturated rings. The van der Waals surface area contributed by atoms with Crippen molar-refractivity contribution in [3.63, 3.8) is 0 Å². The van der Waals surface area contributed by atoms with Crippen LogP contribution < -0.4 is 19.7 Å². The number of hydrogen-bond acceptors (Lipinski definition) is 6. The molecule has 8 heteroatoms. The number of nitrogens with zero attached hydrogens (tertiary/aromatic N) is 1. The third-order valence-electron chi connectivity index (χ3n) is 5.56. The number of hydrogen-bond donors (Lipinski definition) is 1. The number of nitrogens with one attached hydrogen (secondary N) is 1. The fraction of sp³-hybridized carbons (Fsp3) is 0.179. The third-order valence-corrected chi connectivity index (χ3v) is 6.87. The minimum atomic E-state index is -0.236. The number of amides is 2. The van der Waals surface area contributed by atoms with E-state index in [0.717, 1.165) is 27.9 Å². The molecule has 36 heavy (non-hydrogen) atoms. The zero-order valence-corrected chi connectivity index (χ0v) is 21.9. The van der Waals surface area contributed by atoms with Gasteiger partial charge < -0.3 is 14.8 Å². The SMILES string of the molecule is COc1cc(/C=C2\SC(=S)N(c3ccc(C)cc3C)C2=O)ccc1OCC(=O)NCc1ccccc1. The van der Waals surface area contributed by atoms with Gasteiger partial charge in [0.25, 0.3) is 11.8 Å². The Morgan fingerprint density at radius 1 is 1.06 bits per heavy atom. The highest BCUT2D eigenvalue weighted by molar-refractivity contribution is 8.27. The highest BCUT2D eigenvalue weighted by atomic mass is 32.2. The van der Waals surface area contributed by atoms with Crippen LogP contribution in [0.15, 0.2) is 71.6 Å². The molecule has 4 rings (SSSR count). The minimum absolute atomic E-state index is 0.142. The number of thiocarbonyl (C=S) groups is 1. The topological polar surface area (TPSA) is 67.9 Å². The maximum atomic E-state index is 13.2. The summed E-state index contributed by atoms with van der Waals surface area (Å²) in [5, 5.41) is 2.83. The molecule has 184 valence electrons. The summed E-state index contributed by atoms with van der Waals surface area (Å²) in [6.45, 7) is 4.27. The molecule has 0 aliphatic carbocycles. The van der Waals surface area contributed by atoms with E-state index in [1.807, 2.05) is 68.4 Å². The van der Waals surface area contributed by atoms with Gasteiger partial charge in [-0.25, -0.2) is 0 Å². The molecule has 0 atom stereocenters. The monoisotopic (exact) mass is 518 g/mol. The fourth-order valence-corrected chi connectivity index (χ4v) is 5.05. The zero-order chi connectivity index (χ0) is 25.7. The van der Waals surface area contributed by atoms with Crippen molar-refractivity contribution in [2.75, 3.05) is 18.6 Å². The number of anilines is 1. The van der Waals surface area contributed by atoms with E-state index in [0.29, 0.717) is 27.3 Å². The van der Waals surface area contributed by atoms with Crippen molar-refractivity contribution in [1.29, 1.82) is 0 Å². The summed E-state index contributed by atoms with van der Waals surface area (Å²) in [4.78, 5) is 27.5. The predicted molar refractivity (Wildman–Crippen MR) is 148 cm³/mol. The maximum absolute atomic E-state index is 13.2. The van der Waals surface area contributed by atoms with Crippen molar-refractivity contribution < 1.29 is 19.1 Å². The molecule has 0 aromatic heterocycles. The molecule has 0 unspecified atom stereocenters. The summed E-state index contributed by atoms with van der Waals surface area (Å²) >= 11 is 6.77. The van der Waals surface area contributed by atoms with Crippen molar-refractivity contribution in [3.05, 3.63) is 93.9 Å². The van der Waals surface area contributed by atoms with Crippen molar-refractivity contribution >= 4 is 51.9 Å². The average Bonchev–Trinajstić information content (AvgIpc) is 3.14. The quantitative estimate of drug-likeness (QED) is 0.318. The number of benzene rings is 3. The Balaban J connectivity index is 1.43. The number of carbonyl (C=O) groups excluding carboxylic acids is 2. The number of aryl methyl sites for hydroxylation is 2. The molecule has 1 N–H and O–H groups in total. The predicted octanol–water partition coefficient (Wildman–Crippen LogP) is 5.41. The minimum Gasteiger partial charge on any atom is -0.493 e. The molecule has 0 spiro atoms. The van der Waals surface area contributed by atoms with Gasteiger partial charge in [0.15, 0.2) is 22.4 Å². The van der Waals surface area contributed by atoms with E-state index in [4.69, 9.17) is 21.7 Å². The zero-order valence-electron chi connectivity index (χ0n) is 20.2. The molecule has 1 heterocycles. The lowest BCUT2D eigenvalue weighted by atomic mass is 10.1. The van der Waals surface area contributed by atoms with Crippen LogP contribution in [0.2, 0.25) is 0 Å². The summed E-state index contributed by atoms with van der Waals surface area (Å²) < 4.78 is 11.6. The summed E-state index contributed by atoms with van der Waals surface area (Å²) in [7, 11) is 1.53. The van der Waals surface area contributed by atoms with Crippen LogP contribution >= 0.6 is 24.0 Å². The first kappa shape index (κ1) is 25.5. The molecule has 3 aromatic rings.